The molecule has 0 saturated carbocycles. The summed E-state index contributed by atoms with van der Waals surface area (Å²) < 4.78 is 0. The first-order valence-electron chi connectivity index (χ1n) is 6.41. The van der Waals surface area contributed by atoms with E-state index in [1.54, 1.807) is 0 Å². The highest BCUT2D eigenvalue weighted by atomic mass is 14.6. The van der Waals surface area contributed by atoms with Crippen LogP contribution in [0.4, 0.5) is 0 Å². The van der Waals surface area contributed by atoms with E-state index in [-0.39, 0.29) is 0 Å². The smallest absolute Gasteiger partial charge is 0.00105 e. The lowest BCUT2D eigenvalue weighted by Gasteiger charge is -2.07. The molecule has 90 valence electrons. The van der Waals surface area contributed by atoms with Gasteiger partial charge in [-0.15, -0.1) is 0 Å². The van der Waals surface area contributed by atoms with Crippen molar-refractivity contribution in [3.63, 3.8) is 0 Å². The van der Waals surface area contributed by atoms with E-state index in [1.165, 1.54) is 24.0 Å². The maximum absolute atomic E-state index is 5.74. The Bertz CT molecular complexity index is 285. The van der Waals surface area contributed by atoms with E-state index in [4.69, 9.17) is 5.73 Å². The van der Waals surface area contributed by atoms with Gasteiger partial charge in [0.2, 0.25) is 0 Å². The summed E-state index contributed by atoms with van der Waals surface area (Å²) in [6.07, 6.45) is 4.65. The predicted octanol–water partition coefficient (Wildman–Crippen LogP) is 3.56. The molecular formula is C15H25N. The Labute approximate surface area is 100 Å². The summed E-state index contributed by atoms with van der Waals surface area (Å²) in [5.74, 6) is 0.740. The minimum Gasteiger partial charge on any atom is -0.328 e. The monoisotopic (exact) mass is 219 g/mol. The molecule has 0 saturated heterocycles. The van der Waals surface area contributed by atoms with Gasteiger partial charge in [0.1, 0.15) is 0 Å². The van der Waals surface area contributed by atoms with Gasteiger partial charge in [-0.1, -0.05) is 38.1 Å². The Kier molecular flexibility index (Phi) is 5.54. The SMILES string of the molecule is CC(C)Cc1ccc(CCCC(C)N)cc1. The number of hydrogen-bond donors (Lipinski definition) is 1. The molecule has 1 aromatic rings. The maximum atomic E-state index is 5.74. The number of benzene rings is 1. The van der Waals surface area contributed by atoms with E-state index in [0.29, 0.717) is 6.04 Å². The number of aryl methyl sites for hydroxylation is 1. The highest BCUT2D eigenvalue weighted by Crippen LogP contribution is 2.11. The molecule has 0 aliphatic carbocycles. The molecule has 16 heavy (non-hydrogen) atoms. The van der Waals surface area contributed by atoms with E-state index in [9.17, 15) is 0 Å². The lowest BCUT2D eigenvalue weighted by atomic mass is 10.00. The first-order chi connectivity index (χ1) is 7.58. The standard InChI is InChI=1S/C15H25N/c1-12(2)11-15-9-7-14(8-10-15)6-4-5-13(3)16/h7-10,12-13H,4-6,11,16H2,1-3H3. The molecule has 0 radical (unpaired) electrons. The third-order valence-corrected chi connectivity index (χ3v) is 2.79. The van der Waals surface area contributed by atoms with Gasteiger partial charge in [0.05, 0.1) is 0 Å². The van der Waals surface area contributed by atoms with Crippen LogP contribution in [-0.4, -0.2) is 6.04 Å². The molecule has 0 aliphatic heterocycles. The van der Waals surface area contributed by atoms with Crippen LogP contribution in [0.2, 0.25) is 0 Å². The zero-order valence-corrected chi connectivity index (χ0v) is 10.9. The molecule has 0 bridgehead atoms. The summed E-state index contributed by atoms with van der Waals surface area (Å²) in [6.45, 7) is 6.60. The van der Waals surface area contributed by atoms with Crippen molar-refractivity contribution in [1.29, 1.82) is 0 Å². The molecule has 1 unspecified atom stereocenters. The molecule has 2 N–H and O–H groups in total. The van der Waals surface area contributed by atoms with Crippen LogP contribution in [0.1, 0.15) is 44.7 Å². The molecule has 0 spiro atoms. The van der Waals surface area contributed by atoms with Gasteiger partial charge in [-0.25, -0.2) is 0 Å². The summed E-state index contributed by atoms with van der Waals surface area (Å²) in [5.41, 5.74) is 8.62. The third-order valence-electron chi connectivity index (χ3n) is 2.79. The van der Waals surface area contributed by atoms with Crippen LogP contribution in [0.3, 0.4) is 0 Å². The van der Waals surface area contributed by atoms with Crippen molar-refractivity contribution >= 4 is 0 Å². The van der Waals surface area contributed by atoms with Crippen LogP contribution in [0.25, 0.3) is 0 Å². The first-order valence-corrected chi connectivity index (χ1v) is 6.41. The Hall–Kier alpha value is -0.820. The van der Waals surface area contributed by atoms with E-state index >= 15 is 0 Å². The lowest BCUT2D eigenvalue weighted by Crippen LogP contribution is -2.14. The molecule has 1 atom stereocenters. The summed E-state index contributed by atoms with van der Waals surface area (Å²) in [4.78, 5) is 0. The van der Waals surface area contributed by atoms with Gasteiger partial charge in [-0.2, -0.15) is 0 Å². The van der Waals surface area contributed by atoms with Crippen LogP contribution in [0, 0.1) is 5.92 Å². The van der Waals surface area contributed by atoms with Gasteiger partial charge in [0.25, 0.3) is 0 Å². The molecule has 0 aromatic heterocycles. The minimum atomic E-state index is 0.334. The molecule has 1 nitrogen and oxygen atoms in total. The minimum absolute atomic E-state index is 0.334. The van der Waals surface area contributed by atoms with Crippen molar-refractivity contribution in [3.05, 3.63) is 35.4 Å². The Balaban J connectivity index is 2.39. The molecule has 1 aromatic carbocycles. The van der Waals surface area contributed by atoms with E-state index < -0.39 is 0 Å². The summed E-state index contributed by atoms with van der Waals surface area (Å²) in [7, 11) is 0. The highest BCUT2D eigenvalue weighted by Gasteiger charge is 1.99. The van der Waals surface area contributed by atoms with E-state index in [2.05, 4.69) is 45.0 Å². The fraction of sp³-hybridized carbons (Fsp3) is 0.600. The number of hydrogen-bond acceptors (Lipinski definition) is 1. The van der Waals surface area contributed by atoms with Crippen molar-refractivity contribution in [2.45, 2.75) is 52.5 Å². The molecular weight excluding hydrogens is 194 g/mol. The maximum Gasteiger partial charge on any atom is 0.00105 e. The summed E-state index contributed by atoms with van der Waals surface area (Å²) >= 11 is 0. The van der Waals surface area contributed by atoms with Gasteiger partial charge >= 0.3 is 0 Å². The average molecular weight is 219 g/mol. The predicted molar refractivity (Wildman–Crippen MR) is 71.6 cm³/mol. The fourth-order valence-electron chi connectivity index (χ4n) is 1.94. The largest absolute Gasteiger partial charge is 0.328 e. The van der Waals surface area contributed by atoms with Crippen LogP contribution < -0.4 is 5.73 Å². The Morgan fingerprint density at radius 1 is 1.00 bits per heavy atom. The highest BCUT2D eigenvalue weighted by molar-refractivity contribution is 5.22. The van der Waals surface area contributed by atoms with Gasteiger partial charge in [0.15, 0.2) is 0 Å². The zero-order chi connectivity index (χ0) is 12.0. The molecule has 1 heteroatoms. The summed E-state index contributed by atoms with van der Waals surface area (Å²) in [5, 5.41) is 0. The quantitative estimate of drug-likeness (QED) is 0.778. The van der Waals surface area contributed by atoms with Gasteiger partial charge in [0, 0.05) is 6.04 Å². The van der Waals surface area contributed by atoms with E-state index in [0.717, 1.165) is 18.8 Å². The van der Waals surface area contributed by atoms with Crippen LogP contribution in [0.5, 0.6) is 0 Å². The van der Waals surface area contributed by atoms with E-state index in [1.807, 2.05) is 0 Å². The zero-order valence-electron chi connectivity index (χ0n) is 10.9. The normalized spacial score (nSPS) is 13.1. The lowest BCUT2D eigenvalue weighted by molar-refractivity contribution is 0.623. The first kappa shape index (κ1) is 13.2. The molecule has 1 rings (SSSR count). The van der Waals surface area contributed by atoms with Crippen molar-refractivity contribution in [2.75, 3.05) is 0 Å². The number of nitrogens with two attached hydrogens (primary N) is 1. The second-order valence-corrected chi connectivity index (χ2v) is 5.28. The van der Waals surface area contributed by atoms with Crippen molar-refractivity contribution in [2.24, 2.45) is 11.7 Å². The van der Waals surface area contributed by atoms with Crippen LogP contribution >= 0.6 is 0 Å². The molecule has 0 fully saturated rings. The van der Waals surface area contributed by atoms with Crippen molar-refractivity contribution < 1.29 is 0 Å². The Morgan fingerprint density at radius 3 is 2.06 bits per heavy atom. The van der Waals surface area contributed by atoms with Crippen molar-refractivity contribution in [3.8, 4) is 0 Å². The topological polar surface area (TPSA) is 26.0 Å². The molecule has 0 heterocycles. The second kappa shape index (κ2) is 6.70. The van der Waals surface area contributed by atoms with Gasteiger partial charge in [-0.05, 0) is 49.7 Å². The van der Waals surface area contributed by atoms with Crippen LogP contribution in [0.15, 0.2) is 24.3 Å². The van der Waals surface area contributed by atoms with Gasteiger partial charge in [-0.3, -0.25) is 0 Å². The van der Waals surface area contributed by atoms with Crippen LogP contribution in [-0.2, 0) is 12.8 Å². The van der Waals surface area contributed by atoms with Crippen molar-refractivity contribution in [1.82, 2.24) is 0 Å². The molecule has 0 amide bonds. The molecule has 0 aliphatic rings. The Morgan fingerprint density at radius 2 is 1.56 bits per heavy atom. The average Bonchev–Trinajstić information content (AvgIpc) is 2.19. The third kappa shape index (κ3) is 5.32. The summed E-state index contributed by atoms with van der Waals surface area (Å²) in [6, 6.07) is 9.39. The fourth-order valence-corrected chi connectivity index (χ4v) is 1.94. The van der Waals surface area contributed by atoms with Gasteiger partial charge < -0.3 is 5.73 Å². The second-order valence-electron chi connectivity index (χ2n) is 5.28. The number of rotatable bonds is 6.